The third kappa shape index (κ3) is 7.99. The molecule has 0 aromatic heterocycles. The summed E-state index contributed by atoms with van der Waals surface area (Å²) in [6.45, 7) is 5.10. The topological polar surface area (TPSA) is 99.4 Å². The van der Waals surface area contributed by atoms with Crippen molar-refractivity contribution in [1.82, 2.24) is 0 Å². The molecule has 8 heteroatoms. The second-order valence-electron chi connectivity index (χ2n) is 6.49. The van der Waals surface area contributed by atoms with Gasteiger partial charge in [0.05, 0.1) is 13.2 Å². The fourth-order valence-electron chi connectivity index (χ4n) is 2.67. The number of ether oxygens (including phenoxy) is 2. The van der Waals surface area contributed by atoms with Crippen molar-refractivity contribution in [3.05, 3.63) is 12.1 Å². The molecule has 0 spiro atoms. The Kier molecular flexibility index (Phi) is 11.4. The first-order valence-corrected chi connectivity index (χ1v) is 9.66. The predicted octanol–water partition coefficient (Wildman–Crippen LogP) is 0.964. The Labute approximate surface area is 157 Å². The van der Waals surface area contributed by atoms with Crippen LogP contribution in [0.4, 0.5) is 0 Å². The number of hydrogen-bond acceptors (Lipinski definition) is 6. The van der Waals surface area contributed by atoms with Crippen molar-refractivity contribution in [1.29, 1.82) is 0 Å². The Balaban J connectivity index is 2.84. The van der Waals surface area contributed by atoms with Crippen LogP contribution in [-0.2, 0) is 0 Å². The molecule has 26 heavy (non-hydrogen) atoms. The summed E-state index contributed by atoms with van der Waals surface area (Å²) in [5.41, 5.74) is 0.321. The highest BCUT2D eigenvalue weighted by Crippen LogP contribution is 2.16. The Hall–Kier alpha value is -1.21. The van der Waals surface area contributed by atoms with E-state index < -0.39 is 14.2 Å². The molecule has 0 unspecified atom stereocenters. The van der Waals surface area contributed by atoms with E-state index in [-0.39, 0.29) is 22.4 Å². The number of benzene rings is 1. The quantitative estimate of drug-likeness (QED) is 0.289. The van der Waals surface area contributed by atoms with E-state index in [1.54, 1.807) is 0 Å². The normalized spacial score (nSPS) is 10.7. The summed E-state index contributed by atoms with van der Waals surface area (Å²) < 4.78 is 11.3. The van der Waals surface area contributed by atoms with Gasteiger partial charge in [-0.2, -0.15) is 0 Å². The molecule has 0 fully saturated rings. The molecule has 0 heterocycles. The zero-order chi connectivity index (χ0) is 19.4. The third-order valence-electron chi connectivity index (χ3n) is 4.21. The first kappa shape index (κ1) is 22.8. The minimum Gasteiger partial charge on any atom is -0.494 e. The molecule has 0 aliphatic rings. The van der Waals surface area contributed by atoms with Gasteiger partial charge in [-0.15, -0.1) is 0 Å². The van der Waals surface area contributed by atoms with Gasteiger partial charge in [0.1, 0.15) is 11.5 Å². The van der Waals surface area contributed by atoms with Gasteiger partial charge < -0.3 is 29.6 Å². The molecule has 0 saturated carbocycles. The van der Waals surface area contributed by atoms with Gasteiger partial charge in [0.2, 0.25) is 0 Å². The summed E-state index contributed by atoms with van der Waals surface area (Å²) in [6.07, 6.45) is 8.22. The maximum Gasteiger partial charge on any atom is 0.492 e. The van der Waals surface area contributed by atoms with E-state index in [0.29, 0.717) is 13.2 Å². The summed E-state index contributed by atoms with van der Waals surface area (Å²) in [6, 6.07) is 2.83. The zero-order valence-electron chi connectivity index (χ0n) is 16.0. The van der Waals surface area contributed by atoms with E-state index in [9.17, 15) is 20.1 Å². The zero-order valence-corrected chi connectivity index (χ0v) is 16.0. The van der Waals surface area contributed by atoms with Crippen LogP contribution in [0.15, 0.2) is 12.1 Å². The van der Waals surface area contributed by atoms with Crippen molar-refractivity contribution >= 4 is 25.2 Å². The van der Waals surface area contributed by atoms with Crippen molar-refractivity contribution in [2.45, 2.75) is 65.2 Å². The molecule has 0 aliphatic carbocycles. The lowest BCUT2D eigenvalue weighted by Gasteiger charge is -2.17. The average molecular weight is 366 g/mol. The van der Waals surface area contributed by atoms with Crippen molar-refractivity contribution < 1.29 is 29.6 Å². The summed E-state index contributed by atoms with van der Waals surface area (Å²) in [7, 11) is -3.46. The van der Waals surface area contributed by atoms with Crippen LogP contribution in [0.5, 0.6) is 11.5 Å². The van der Waals surface area contributed by atoms with E-state index in [0.717, 1.165) is 51.4 Å². The number of unbranched alkanes of at least 4 members (excludes halogenated alkanes) is 6. The molecule has 6 nitrogen and oxygen atoms in total. The van der Waals surface area contributed by atoms with Crippen molar-refractivity contribution in [2.24, 2.45) is 0 Å². The average Bonchev–Trinajstić information content (AvgIpc) is 2.61. The van der Waals surface area contributed by atoms with Gasteiger partial charge in [-0.3, -0.25) is 0 Å². The Morgan fingerprint density at radius 2 is 1.04 bits per heavy atom. The highest BCUT2D eigenvalue weighted by Gasteiger charge is 2.25. The molecule has 0 radical (unpaired) electrons. The Morgan fingerprint density at radius 3 is 1.35 bits per heavy atom. The van der Waals surface area contributed by atoms with E-state index in [1.807, 2.05) is 0 Å². The Bertz CT molecular complexity index is 465. The van der Waals surface area contributed by atoms with Gasteiger partial charge in [0.15, 0.2) is 0 Å². The van der Waals surface area contributed by atoms with Crippen molar-refractivity contribution in [3.63, 3.8) is 0 Å². The second-order valence-corrected chi connectivity index (χ2v) is 6.49. The van der Waals surface area contributed by atoms with Crippen LogP contribution >= 0.6 is 0 Å². The van der Waals surface area contributed by atoms with Gasteiger partial charge in [-0.1, -0.05) is 52.4 Å². The van der Waals surface area contributed by atoms with E-state index in [2.05, 4.69) is 13.8 Å². The molecule has 0 amide bonds. The van der Waals surface area contributed by atoms with Crippen molar-refractivity contribution in [3.8, 4) is 11.5 Å². The van der Waals surface area contributed by atoms with Crippen molar-refractivity contribution in [2.75, 3.05) is 13.2 Å². The minimum absolute atomic E-state index is 0.161. The minimum atomic E-state index is -1.73. The van der Waals surface area contributed by atoms with Gasteiger partial charge in [0, 0.05) is 10.9 Å². The molecule has 0 bridgehead atoms. The molecule has 0 aliphatic heterocycles. The smallest absolute Gasteiger partial charge is 0.492 e. The van der Waals surface area contributed by atoms with Crippen LogP contribution in [0, 0.1) is 0 Å². The molecule has 146 valence electrons. The number of hydrogen-bond donors (Lipinski definition) is 4. The van der Waals surface area contributed by atoms with Crippen LogP contribution in [0.25, 0.3) is 0 Å². The summed E-state index contributed by atoms with van der Waals surface area (Å²) in [5, 5.41) is 38.5. The SMILES string of the molecule is CCCCCCOc1cc(B(O)O)c(OCCCCCC)cc1B(O)O. The molecule has 1 rings (SSSR count). The first-order chi connectivity index (χ1) is 12.5. The van der Waals surface area contributed by atoms with E-state index in [1.165, 1.54) is 12.1 Å². The monoisotopic (exact) mass is 366 g/mol. The number of rotatable bonds is 14. The summed E-state index contributed by atoms with van der Waals surface area (Å²) in [5.74, 6) is 0.468. The molecule has 1 aromatic rings. The van der Waals surface area contributed by atoms with E-state index >= 15 is 0 Å². The van der Waals surface area contributed by atoms with Gasteiger partial charge in [-0.05, 0) is 25.0 Å². The molecule has 0 saturated heterocycles. The molecule has 0 atom stereocenters. The van der Waals surface area contributed by atoms with Crippen LogP contribution in [-0.4, -0.2) is 47.5 Å². The summed E-state index contributed by atoms with van der Waals surface area (Å²) >= 11 is 0. The lowest BCUT2D eigenvalue weighted by atomic mass is 9.73. The first-order valence-electron chi connectivity index (χ1n) is 9.66. The molecule has 4 N–H and O–H groups in total. The highest BCUT2D eigenvalue weighted by molar-refractivity contribution is 6.62. The third-order valence-corrected chi connectivity index (χ3v) is 4.21. The standard InChI is InChI=1S/C18H32B2O6/c1-3-5-7-9-11-25-17-13-16(20(23)24)18(14-15(17)19(21)22)26-12-10-8-6-4-2/h13-14,21-24H,3-12H2,1-2H3. The van der Waals surface area contributed by atoms with Crippen LogP contribution in [0.1, 0.15) is 65.2 Å². The van der Waals surface area contributed by atoms with Gasteiger partial charge >= 0.3 is 14.2 Å². The maximum absolute atomic E-state index is 9.64. The molecular formula is C18H32B2O6. The van der Waals surface area contributed by atoms with Gasteiger partial charge in [-0.25, -0.2) is 0 Å². The largest absolute Gasteiger partial charge is 0.494 e. The fourth-order valence-corrected chi connectivity index (χ4v) is 2.67. The fraction of sp³-hybridized carbons (Fsp3) is 0.667. The lowest BCUT2D eigenvalue weighted by Crippen LogP contribution is -2.38. The molecule has 1 aromatic carbocycles. The summed E-state index contributed by atoms with van der Waals surface area (Å²) in [4.78, 5) is 0. The Morgan fingerprint density at radius 1 is 0.654 bits per heavy atom. The maximum atomic E-state index is 9.64. The van der Waals surface area contributed by atoms with Crippen LogP contribution in [0.3, 0.4) is 0 Å². The molecular weight excluding hydrogens is 334 g/mol. The predicted molar refractivity (Wildman–Crippen MR) is 105 cm³/mol. The lowest BCUT2D eigenvalue weighted by molar-refractivity contribution is 0.297. The highest BCUT2D eigenvalue weighted by atomic mass is 16.5. The second kappa shape index (κ2) is 13.0. The van der Waals surface area contributed by atoms with Crippen LogP contribution in [0.2, 0.25) is 0 Å². The van der Waals surface area contributed by atoms with Crippen LogP contribution < -0.4 is 20.4 Å². The van der Waals surface area contributed by atoms with Gasteiger partial charge in [0.25, 0.3) is 0 Å². The van der Waals surface area contributed by atoms with E-state index in [4.69, 9.17) is 9.47 Å².